The Morgan fingerprint density at radius 3 is 1.23 bits per heavy atom. The van der Waals surface area contributed by atoms with Crippen molar-refractivity contribution in [2.45, 2.75) is 181 Å². The van der Waals surface area contributed by atoms with Gasteiger partial charge in [0.2, 0.25) is 0 Å². The topological polar surface area (TPSA) is 26.3 Å². The zero-order valence-corrected chi connectivity index (χ0v) is 27.0. The second kappa shape index (κ2) is 35.5. The van der Waals surface area contributed by atoms with Gasteiger partial charge in [-0.2, -0.15) is 0 Å². The first-order valence-electron chi connectivity index (χ1n) is 17.6. The van der Waals surface area contributed by atoms with Crippen LogP contribution in [0.3, 0.4) is 0 Å². The van der Waals surface area contributed by atoms with Crippen LogP contribution >= 0.6 is 0 Å². The second-order valence-electron chi connectivity index (χ2n) is 11.5. The van der Waals surface area contributed by atoms with Crippen LogP contribution in [0.15, 0.2) is 48.6 Å². The molecule has 0 heterocycles. The van der Waals surface area contributed by atoms with Crippen molar-refractivity contribution in [2.24, 2.45) is 0 Å². The fourth-order valence-electron chi connectivity index (χ4n) is 4.83. The molecule has 0 N–H and O–H groups in total. The summed E-state index contributed by atoms with van der Waals surface area (Å²) in [5.41, 5.74) is 0. The van der Waals surface area contributed by atoms with E-state index in [1.165, 1.54) is 122 Å². The monoisotopic (exact) mass is 557 g/mol. The van der Waals surface area contributed by atoms with Gasteiger partial charge >= 0.3 is 5.97 Å². The van der Waals surface area contributed by atoms with Crippen molar-refractivity contribution in [1.29, 1.82) is 0 Å². The first-order valence-corrected chi connectivity index (χ1v) is 17.6. The van der Waals surface area contributed by atoms with Crippen LogP contribution < -0.4 is 0 Å². The number of carbonyl (C=O) groups excluding carboxylic acids is 1. The number of unbranched alkanes of at least 4 members (excludes halogenated alkanes) is 19. The number of allylic oxidation sites excluding steroid dienone is 8. The zero-order chi connectivity index (χ0) is 29.0. The van der Waals surface area contributed by atoms with Gasteiger partial charge in [0.05, 0.1) is 6.61 Å². The molecule has 0 fully saturated rings. The van der Waals surface area contributed by atoms with Crippen molar-refractivity contribution >= 4 is 5.97 Å². The summed E-state index contributed by atoms with van der Waals surface area (Å²) in [5, 5.41) is 0. The van der Waals surface area contributed by atoms with Crippen molar-refractivity contribution in [3.63, 3.8) is 0 Å². The van der Waals surface area contributed by atoms with Crippen LogP contribution in [0.25, 0.3) is 0 Å². The predicted octanol–water partition coefficient (Wildman–Crippen LogP) is 12.9. The molecule has 0 rings (SSSR count). The molecule has 2 nitrogen and oxygen atoms in total. The van der Waals surface area contributed by atoms with Gasteiger partial charge in [-0.15, -0.1) is 0 Å². The maximum absolute atomic E-state index is 11.9. The highest BCUT2D eigenvalue weighted by atomic mass is 16.5. The van der Waals surface area contributed by atoms with Crippen LogP contribution in [0.5, 0.6) is 0 Å². The third-order valence-corrected chi connectivity index (χ3v) is 7.47. The Balaban J connectivity index is 3.33. The van der Waals surface area contributed by atoms with Crippen molar-refractivity contribution < 1.29 is 9.53 Å². The molecule has 0 aromatic carbocycles. The van der Waals surface area contributed by atoms with Gasteiger partial charge in [-0.1, -0.05) is 172 Å². The zero-order valence-electron chi connectivity index (χ0n) is 27.0. The molecule has 0 bridgehead atoms. The predicted molar refractivity (Wildman–Crippen MR) is 179 cm³/mol. The van der Waals surface area contributed by atoms with E-state index < -0.39 is 0 Å². The Bertz CT molecular complexity index is 613. The summed E-state index contributed by atoms with van der Waals surface area (Å²) in [7, 11) is 0. The van der Waals surface area contributed by atoms with Crippen LogP contribution in [0.4, 0.5) is 0 Å². The normalized spacial score (nSPS) is 12.2. The number of rotatable bonds is 31. The van der Waals surface area contributed by atoms with Gasteiger partial charge in [-0.3, -0.25) is 4.79 Å². The lowest BCUT2D eigenvalue weighted by Crippen LogP contribution is -2.05. The van der Waals surface area contributed by atoms with E-state index >= 15 is 0 Å². The van der Waals surface area contributed by atoms with Crippen LogP contribution in [-0.2, 0) is 9.53 Å². The highest BCUT2D eigenvalue weighted by molar-refractivity contribution is 5.69. The van der Waals surface area contributed by atoms with Crippen LogP contribution in [0, 0.1) is 0 Å². The molecule has 0 aliphatic carbocycles. The third kappa shape index (κ3) is 34.5. The lowest BCUT2D eigenvalue weighted by atomic mass is 10.0. The first-order chi connectivity index (χ1) is 19.8. The summed E-state index contributed by atoms with van der Waals surface area (Å²) in [6, 6.07) is 0. The number of esters is 1. The molecular weight excluding hydrogens is 488 g/mol. The Morgan fingerprint density at radius 1 is 0.425 bits per heavy atom. The molecule has 0 aliphatic rings. The van der Waals surface area contributed by atoms with Crippen LogP contribution in [-0.4, -0.2) is 12.6 Å². The van der Waals surface area contributed by atoms with E-state index in [-0.39, 0.29) is 5.97 Å². The molecule has 0 spiro atoms. The van der Waals surface area contributed by atoms with Crippen LogP contribution in [0.2, 0.25) is 0 Å². The molecule has 2 heteroatoms. The molecule has 0 saturated carbocycles. The van der Waals surface area contributed by atoms with E-state index in [0.717, 1.165) is 38.5 Å². The van der Waals surface area contributed by atoms with E-state index in [1.807, 2.05) is 0 Å². The number of hydrogen-bond donors (Lipinski definition) is 0. The fraction of sp³-hybridized carbons (Fsp3) is 0.763. The largest absolute Gasteiger partial charge is 0.466 e. The molecule has 232 valence electrons. The lowest BCUT2D eigenvalue weighted by molar-refractivity contribution is -0.143. The molecule has 0 amide bonds. The van der Waals surface area contributed by atoms with Crippen molar-refractivity contribution in [2.75, 3.05) is 6.61 Å². The summed E-state index contributed by atoms with van der Waals surface area (Å²) in [4.78, 5) is 11.9. The maximum atomic E-state index is 11.9. The summed E-state index contributed by atoms with van der Waals surface area (Å²) in [5.74, 6) is -0.0307. The SMILES string of the molecule is CCCCC/C=C\C/C=C\C/C=C\C/C=C\CCCC(=O)OCCCCCCCCCCCCCCCCCC. The van der Waals surface area contributed by atoms with E-state index in [0.29, 0.717) is 13.0 Å². The molecule has 0 aromatic rings. The van der Waals surface area contributed by atoms with Crippen LogP contribution in [0.1, 0.15) is 181 Å². The van der Waals surface area contributed by atoms with Gasteiger partial charge in [0.1, 0.15) is 0 Å². The van der Waals surface area contributed by atoms with Gasteiger partial charge in [-0.05, 0) is 51.4 Å². The number of hydrogen-bond acceptors (Lipinski definition) is 2. The molecule has 0 saturated heterocycles. The lowest BCUT2D eigenvalue weighted by Gasteiger charge is -2.05. The average molecular weight is 557 g/mol. The minimum Gasteiger partial charge on any atom is -0.466 e. The first kappa shape index (κ1) is 38.4. The van der Waals surface area contributed by atoms with Gasteiger partial charge in [0.15, 0.2) is 0 Å². The second-order valence-corrected chi connectivity index (χ2v) is 11.5. The minimum absolute atomic E-state index is 0.0307. The smallest absolute Gasteiger partial charge is 0.305 e. The van der Waals surface area contributed by atoms with Gasteiger partial charge in [0.25, 0.3) is 0 Å². The highest BCUT2D eigenvalue weighted by Crippen LogP contribution is 2.14. The maximum Gasteiger partial charge on any atom is 0.305 e. The fourth-order valence-corrected chi connectivity index (χ4v) is 4.83. The van der Waals surface area contributed by atoms with Crippen molar-refractivity contribution in [3.8, 4) is 0 Å². The average Bonchev–Trinajstić information content (AvgIpc) is 2.96. The Morgan fingerprint density at radius 2 is 0.775 bits per heavy atom. The molecule has 0 unspecified atom stereocenters. The molecule has 0 radical (unpaired) electrons. The van der Waals surface area contributed by atoms with Gasteiger partial charge in [-0.25, -0.2) is 0 Å². The summed E-state index contributed by atoms with van der Waals surface area (Å²) >= 11 is 0. The summed E-state index contributed by atoms with van der Waals surface area (Å²) in [6.45, 7) is 5.13. The number of ether oxygens (including phenoxy) is 1. The van der Waals surface area contributed by atoms with Gasteiger partial charge in [0, 0.05) is 6.42 Å². The van der Waals surface area contributed by atoms with E-state index in [1.54, 1.807) is 0 Å². The molecule has 0 aliphatic heterocycles. The summed E-state index contributed by atoms with van der Waals surface area (Å²) < 4.78 is 5.41. The Hall–Kier alpha value is -1.57. The van der Waals surface area contributed by atoms with E-state index in [9.17, 15) is 4.79 Å². The van der Waals surface area contributed by atoms with Gasteiger partial charge < -0.3 is 4.74 Å². The molecular formula is C38H68O2. The van der Waals surface area contributed by atoms with E-state index in [4.69, 9.17) is 4.74 Å². The molecule has 0 atom stereocenters. The molecule has 0 aromatic heterocycles. The Kier molecular flexibility index (Phi) is 34.1. The quantitative estimate of drug-likeness (QED) is 0.0482. The third-order valence-electron chi connectivity index (χ3n) is 7.47. The molecule has 40 heavy (non-hydrogen) atoms. The minimum atomic E-state index is -0.0307. The standard InChI is InChI=1S/C38H68O2/c1-3-5-7-9-11-13-15-17-19-21-22-24-26-28-30-32-34-36-38(39)40-37-35-33-31-29-27-25-23-20-18-16-14-12-10-8-6-4-2/h11,13,17,19,22,24,28,30H,3-10,12,14-16,18,20-21,23,25-27,29,31-37H2,1-2H3/b13-11-,19-17-,24-22-,30-28-. The van der Waals surface area contributed by atoms with Crippen molar-refractivity contribution in [3.05, 3.63) is 48.6 Å². The summed E-state index contributed by atoms with van der Waals surface area (Å²) in [6.07, 6.45) is 50.3. The van der Waals surface area contributed by atoms with E-state index in [2.05, 4.69) is 62.5 Å². The van der Waals surface area contributed by atoms with Crippen molar-refractivity contribution in [1.82, 2.24) is 0 Å². The highest BCUT2D eigenvalue weighted by Gasteiger charge is 2.01. The Labute approximate surface area is 251 Å². The number of carbonyl (C=O) groups is 1.